The molecule has 5 heteroatoms. The van der Waals surface area contributed by atoms with Crippen molar-refractivity contribution >= 4 is 5.91 Å². The standard InChI is InChI=1S/C20H20N2O3/c1-14-18(20(23)22(2)13-15-9-5-4-6-10-15)19(25-21-14)16-11-7-8-12-17(16)24-3/h4-12H,13H2,1-3H3. The minimum absolute atomic E-state index is 0.136. The molecule has 0 unspecified atom stereocenters. The van der Waals surface area contributed by atoms with Crippen molar-refractivity contribution < 1.29 is 14.1 Å². The normalized spacial score (nSPS) is 10.5. The summed E-state index contributed by atoms with van der Waals surface area (Å²) in [5, 5.41) is 4.00. The van der Waals surface area contributed by atoms with Crippen molar-refractivity contribution in [3.63, 3.8) is 0 Å². The van der Waals surface area contributed by atoms with Crippen molar-refractivity contribution in [3.8, 4) is 17.1 Å². The fourth-order valence-electron chi connectivity index (χ4n) is 2.76. The number of rotatable bonds is 5. The number of amides is 1. The van der Waals surface area contributed by atoms with Gasteiger partial charge in [-0.1, -0.05) is 47.6 Å². The van der Waals surface area contributed by atoms with Gasteiger partial charge in [0.05, 0.1) is 18.4 Å². The maximum atomic E-state index is 13.0. The molecule has 0 fully saturated rings. The number of nitrogens with zero attached hydrogens (tertiary/aromatic N) is 2. The number of ether oxygens (including phenoxy) is 1. The Labute approximate surface area is 146 Å². The Morgan fingerprint density at radius 2 is 1.80 bits per heavy atom. The molecule has 0 bridgehead atoms. The molecule has 1 heterocycles. The zero-order chi connectivity index (χ0) is 17.8. The van der Waals surface area contributed by atoms with Gasteiger partial charge >= 0.3 is 0 Å². The fourth-order valence-corrected chi connectivity index (χ4v) is 2.76. The van der Waals surface area contributed by atoms with Gasteiger partial charge < -0.3 is 14.2 Å². The van der Waals surface area contributed by atoms with Crippen molar-refractivity contribution in [2.24, 2.45) is 0 Å². The van der Waals surface area contributed by atoms with Crippen LogP contribution in [0.5, 0.6) is 5.75 Å². The molecule has 2 aromatic carbocycles. The molecule has 0 aliphatic carbocycles. The number of methoxy groups -OCH3 is 1. The number of aryl methyl sites for hydroxylation is 1. The van der Waals surface area contributed by atoms with Crippen molar-refractivity contribution in [1.82, 2.24) is 10.1 Å². The van der Waals surface area contributed by atoms with E-state index in [1.54, 1.807) is 26.0 Å². The maximum Gasteiger partial charge on any atom is 0.259 e. The molecule has 0 saturated heterocycles. The zero-order valence-corrected chi connectivity index (χ0v) is 14.5. The molecule has 128 valence electrons. The van der Waals surface area contributed by atoms with Crippen molar-refractivity contribution in [1.29, 1.82) is 0 Å². The van der Waals surface area contributed by atoms with Gasteiger partial charge in [-0.25, -0.2) is 0 Å². The first kappa shape index (κ1) is 16.8. The van der Waals surface area contributed by atoms with Crippen LogP contribution in [0.1, 0.15) is 21.6 Å². The third-order valence-electron chi connectivity index (χ3n) is 4.04. The summed E-state index contributed by atoms with van der Waals surface area (Å²) in [5.41, 5.74) is 2.79. The smallest absolute Gasteiger partial charge is 0.259 e. The number of aromatic nitrogens is 1. The first-order chi connectivity index (χ1) is 12.1. The van der Waals surface area contributed by atoms with Gasteiger partial charge in [-0.15, -0.1) is 0 Å². The lowest BCUT2D eigenvalue weighted by atomic mass is 10.0. The lowest BCUT2D eigenvalue weighted by Crippen LogP contribution is -2.27. The second-order valence-electron chi connectivity index (χ2n) is 5.82. The molecule has 0 N–H and O–H groups in total. The van der Waals surface area contributed by atoms with Crippen LogP contribution in [0.15, 0.2) is 59.1 Å². The van der Waals surface area contributed by atoms with E-state index in [1.807, 2.05) is 54.6 Å². The summed E-state index contributed by atoms with van der Waals surface area (Å²) in [7, 11) is 3.36. The van der Waals surface area contributed by atoms with Crippen LogP contribution in [-0.4, -0.2) is 30.1 Å². The number of carbonyl (C=O) groups excluding carboxylic acids is 1. The Hall–Kier alpha value is -3.08. The van der Waals surface area contributed by atoms with Gasteiger partial charge in [0, 0.05) is 13.6 Å². The summed E-state index contributed by atoms with van der Waals surface area (Å²) in [6, 6.07) is 17.3. The molecule has 0 radical (unpaired) electrons. The Bertz CT molecular complexity index is 872. The molecule has 0 aliphatic rings. The Balaban J connectivity index is 1.95. The van der Waals surface area contributed by atoms with E-state index in [0.717, 1.165) is 5.56 Å². The summed E-state index contributed by atoms with van der Waals surface area (Å²) in [6.07, 6.45) is 0. The molecule has 3 aromatic rings. The first-order valence-corrected chi connectivity index (χ1v) is 8.01. The summed E-state index contributed by atoms with van der Waals surface area (Å²) < 4.78 is 10.9. The fraction of sp³-hybridized carbons (Fsp3) is 0.200. The SMILES string of the molecule is COc1ccccc1-c1onc(C)c1C(=O)N(C)Cc1ccccc1. The summed E-state index contributed by atoms with van der Waals surface area (Å²) in [6.45, 7) is 2.28. The molecule has 3 rings (SSSR count). The van der Waals surface area contributed by atoms with Crippen molar-refractivity contribution in [2.45, 2.75) is 13.5 Å². The van der Waals surface area contributed by atoms with E-state index < -0.39 is 0 Å². The van der Waals surface area contributed by atoms with E-state index in [2.05, 4.69) is 5.16 Å². The van der Waals surface area contributed by atoms with Crippen LogP contribution in [0.3, 0.4) is 0 Å². The van der Waals surface area contributed by atoms with Gasteiger partial charge in [0.2, 0.25) is 0 Å². The van der Waals surface area contributed by atoms with Gasteiger partial charge in [0.15, 0.2) is 5.76 Å². The molecule has 1 aromatic heterocycles. The lowest BCUT2D eigenvalue weighted by Gasteiger charge is -2.17. The van der Waals surface area contributed by atoms with Gasteiger partial charge in [-0.05, 0) is 24.6 Å². The van der Waals surface area contributed by atoms with E-state index in [0.29, 0.717) is 34.9 Å². The van der Waals surface area contributed by atoms with Gasteiger partial charge in [0.1, 0.15) is 11.3 Å². The highest BCUT2D eigenvalue weighted by Gasteiger charge is 2.26. The highest BCUT2D eigenvalue weighted by Crippen LogP contribution is 2.34. The van der Waals surface area contributed by atoms with Crippen LogP contribution < -0.4 is 4.74 Å². The molecule has 1 amide bonds. The van der Waals surface area contributed by atoms with Gasteiger partial charge in [-0.2, -0.15) is 0 Å². The molecule has 0 atom stereocenters. The van der Waals surface area contributed by atoms with Gasteiger partial charge in [-0.3, -0.25) is 4.79 Å². The largest absolute Gasteiger partial charge is 0.496 e. The highest BCUT2D eigenvalue weighted by atomic mass is 16.5. The number of benzene rings is 2. The lowest BCUT2D eigenvalue weighted by molar-refractivity contribution is 0.0784. The van der Waals surface area contributed by atoms with Crippen LogP contribution >= 0.6 is 0 Å². The van der Waals surface area contributed by atoms with Crippen molar-refractivity contribution in [2.75, 3.05) is 14.2 Å². The summed E-state index contributed by atoms with van der Waals surface area (Å²) in [5.74, 6) is 0.932. The predicted molar refractivity (Wildman–Crippen MR) is 95.5 cm³/mol. The third kappa shape index (κ3) is 3.40. The average molecular weight is 336 g/mol. The van der Waals surface area contributed by atoms with Crippen LogP contribution in [0, 0.1) is 6.92 Å². The van der Waals surface area contributed by atoms with Gasteiger partial charge in [0.25, 0.3) is 5.91 Å². The summed E-state index contributed by atoms with van der Waals surface area (Å²) in [4.78, 5) is 14.7. The minimum Gasteiger partial charge on any atom is -0.496 e. The molecule has 0 saturated carbocycles. The first-order valence-electron chi connectivity index (χ1n) is 8.01. The van der Waals surface area contributed by atoms with E-state index in [-0.39, 0.29) is 5.91 Å². The minimum atomic E-state index is -0.136. The number of hydrogen-bond acceptors (Lipinski definition) is 4. The quantitative estimate of drug-likeness (QED) is 0.708. The topological polar surface area (TPSA) is 55.6 Å². The number of para-hydroxylation sites is 1. The Morgan fingerprint density at radius 3 is 2.52 bits per heavy atom. The van der Waals surface area contributed by atoms with E-state index in [4.69, 9.17) is 9.26 Å². The second kappa shape index (κ2) is 7.21. The van der Waals surface area contributed by atoms with Crippen molar-refractivity contribution in [3.05, 3.63) is 71.4 Å². The molecule has 0 aliphatic heterocycles. The van der Waals surface area contributed by atoms with E-state index in [1.165, 1.54) is 0 Å². The van der Waals surface area contributed by atoms with E-state index in [9.17, 15) is 4.79 Å². The summed E-state index contributed by atoms with van der Waals surface area (Å²) >= 11 is 0. The Morgan fingerprint density at radius 1 is 1.12 bits per heavy atom. The van der Waals surface area contributed by atoms with Crippen LogP contribution in [0.25, 0.3) is 11.3 Å². The highest BCUT2D eigenvalue weighted by molar-refractivity contribution is 6.01. The molecule has 5 nitrogen and oxygen atoms in total. The molecular formula is C20H20N2O3. The van der Waals surface area contributed by atoms with Crippen LogP contribution in [-0.2, 0) is 6.54 Å². The number of carbonyl (C=O) groups is 1. The third-order valence-corrected chi connectivity index (χ3v) is 4.04. The second-order valence-corrected chi connectivity index (χ2v) is 5.82. The van der Waals surface area contributed by atoms with Crippen LogP contribution in [0.2, 0.25) is 0 Å². The van der Waals surface area contributed by atoms with E-state index >= 15 is 0 Å². The number of hydrogen-bond donors (Lipinski definition) is 0. The molecular weight excluding hydrogens is 316 g/mol. The monoisotopic (exact) mass is 336 g/mol. The molecule has 25 heavy (non-hydrogen) atoms. The predicted octanol–water partition coefficient (Wildman–Crippen LogP) is 3.93. The average Bonchev–Trinajstić information content (AvgIpc) is 3.03. The maximum absolute atomic E-state index is 13.0. The van der Waals surface area contributed by atoms with Crippen LogP contribution in [0.4, 0.5) is 0 Å². The zero-order valence-electron chi connectivity index (χ0n) is 14.5. The Kier molecular flexibility index (Phi) is 4.84. The molecule has 0 spiro atoms.